The second-order valence-corrected chi connectivity index (χ2v) is 9.60. The van der Waals surface area contributed by atoms with Crippen LogP contribution >= 0.6 is 31.9 Å². The van der Waals surface area contributed by atoms with Crippen LogP contribution in [0.4, 0.5) is 11.4 Å². The number of carbonyl (C=O) groups is 2. The Morgan fingerprint density at radius 2 is 1.36 bits per heavy atom. The van der Waals surface area contributed by atoms with Gasteiger partial charge in [0.15, 0.2) is 0 Å². The maximum absolute atomic E-state index is 11.6. The molecule has 2 heterocycles. The van der Waals surface area contributed by atoms with E-state index < -0.39 is 0 Å². The molecule has 2 aliphatic heterocycles. The van der Waals surface area contributed by atoms with Crippen molar-refractivity contribution in [3.05, 3.63) is 80.2 Å². The van der Waals surface area contributed by atoms with Crippen molar-refractivity contribution in [3.8, 4) is 11.5 Å². The van der Waals surface area contributed by atoms with Crippen LogP contribution in [-0.2, 0) is 29.0 Å². The zero-order valence-corrected chi connectivity index (χ0v) is 20.8. The van der Waals surface area contributed by atoms with Crippen LogP contribution in [0.5, 0.6) is 11.5 Å². The van der Waals surface area contributed by atoms with E-state index >= 15 is 0 Å². The molecule has 3 N–H and O–H groups in total. The predicted octanol–water partition coefficient (Wildman–Crippen LogP) is 5.95. The zero-order chi connectivity index (χ0) is 23.4. The van der Waals surface area contributed by atoms with E-state index in [1.807, 2.05) is 48.5 Å². The quantitative estimate of drug-likeness (QED) is 0.338. The molecule has 0 spiro atoms. The fourth-order valence-electron chi connectivity index (χ4n) is 3.71. The Balaban J connectivity index is 0.000000172. The number of phenols is 1. The predicted molar refractivity (Wildman–Crippen MR) is 135 cm³/mol. The minimum atomic E-state index is -0.0369. The van der Waals surface area contributed by atoms with Gasteiger partial charge in [-0.3, -0.25) is 9.59 Å². The number of nitrogens with one attached hydrogen (secondary N) is 2. The second kappa shape index (κ2) is 10.4. The molecule has 2 aliphatic rings. The van der Waals surface area contributed by atoms with Gasteiger partial charge < -0.3 is 20.5 Å². The summed E-state index contributed by atoms with van der Waals surface area (Å²) in [7, 11) is 0. The van der Waals surface area contributed by atoms with E-state index in [9.17, 15) is 14.7 Å². The number of halogens is 2. The van der Waals surface area contributed by atoms with Crippen molar-refractivity contribution in [2.45, 2.75) is 32.3 Å². The van der Waals surface area contributed by atoms with Gasteiger partial charge in [0.2, 0.25) is 11.8 Å². The van der Waals surface area contributed by atoms with Crippen LogP contribution in [-0.4, -0.2) is 16.9 Å². The standard InChI is InChI=1S/C16H14BrNO2.C9H8BrNO2/c17-13-8-12-6-7-15(19)18-16(12)14(9-13)20-10-11-4-2-1-3-5-11;10-6-3-5-1-2-8(13)11-9(5)7(12)4-6/h1-5,8-9H,6-7,10H2,(H,18,19);3-4,12H,1-2H2,(H,11,13). The Morgan fingerprint density at radius 3 is 2.03 bits per heavy atom. The summed E-state index contributed by atoms with van der Waals surface area (Å²) >= 11 is 6.77. The topological polar surface area (TPSA) is 87.7 Å². The molecule has 0 bridgehead atoms. The molecule has 0 saturated heterocycles. The van der Waals surface area contributed by atoms with Gasteiger partial charge in [-0.05, 0) is 53.8 Å². The van der Waals surface area contributed by atoms with Crippen LogP contribution in [0.2, 0.25) is 0 Å². The number of rotatable bonds is 3. The lowest BCUT2D eigenvalue weighted by Crippen LogP contribution is -2.19. The number of hydrogen-bond acceptors (Lipinski definition) is 4. The maximum atomic E-state index is 11.6. The van der Waals surface area contributed by atoms with Crippen LogP contribution in [0.1, 0.15) is 29.5 Å². The van der Waals surface area contributed by atoms with Gasteiger partial charge in [-0.2, -0.15) is 0 Å². The molecule has 33 heavy (non-hydrogen) atoms. The number of hydrogen-bond donors (Lipinski definition) is 3. The fraction of sp³-hybridized carbons (Fsp3) is 0.200. The first-order valence-corrected chi connectivity index (χ1v) is 12.1. The van der Waals surface area contributed by atoms with Crippen molar-refractivity contribution in [1.82, 2.24) is 0 Å². The molecule has 5 rings (SSSR count). The van der Waals surface area contributed by atoms with E-state index in [0.29, 0.717) is 37.3 Å². The Kier molecular flexibility index (Phi) is 7.35. The second-order valence-electron chi connectivity index (χ2n) is 7.77. The Hall–Kier alpha value is -2.84. The van der Waals surface area contributed by atoms with Crippen LogP contribution in [0, 0.1) is 0 Å². The third kappa shape index (κ3) is 5.94. The normalized spacial score (nSPS) is 14.1. The van der Waals surface area contributed by atoms with E-state index in [4.69, 9.17) is 4.74 Å². The lowest BCUT2D eigenvalue weighted by molar-refractivity contribution is -0.117. The van der Waals surface area contributed by atoms with Gasteiger partial charge in [0.25, 0.3) is 0 Å². The van der Waals surface area contributed by atoms with Gasteiger partial charge in [0.05, 0.1) is 11.4 Å². The number of fused-ring (bicyclic) bond motifs is 2. The molecule has 8 heteroatoms. The summed E-state index contributed by atoms with van der Waals surface area (Å²) in [5.41, 5.74) is 4.55. The molecule has 0 fully saturated rings. The summed E-state index contributed by atoms with van der Waals surface area (Å²) in [5, 5.41) is 15.1. The van der Waals surface area contributed by atoms with E-state index in [1.54, 1.807) is 6.07 Å². The van der Waals surface area contributed by atoms with E-state index in [2.05, 4.69) is 42.5 Å². The molecule has 3 aromatic rings. The Labute approximate surface area is 208 Å². The summed E-state index contributed by atoms with van der Waals surface area (Å²) in [5.74, 6) is 0.846. The minimum Gasteiger partial charge on any atom is -0.506 e. The van der Waals surface area contributed by atoms with Crippen molar-refractivity contribution >= 4 is 55.0 Å². The highest BCUT2D eigenvalue weighted by atomic mass is 79.9. The molecule has 0 saturated carbocycles. The molecule has 0 aliphatic carbocycles. The van der Waals surface area contributed by atoms with Crippen molar-refractivity contribution in [3.63, 3.8) is 0 Å². The molecule has 3 aromatic carbocycles. The zero-order valence-electron chi connectivity index (χ0n) is 17.7. The lowest BCUT2D eigenvalue weighted by atomic mass is 10.0. The van der Waals surface area contributed by atoms with Crippen molar-refractivity contribution < 1.29 is 19.4 Å². The average Bonchev–Trinajstić information content (AvgIpc) is 2.79. The number of benzene rings is 3. The highest BCUT2D eigenvalue weighted by molar-refractivity contribution is 9.10. The minimum absolute atomic E-state index is 0.0369. The average molecular weight is 574 g/mol. The van der Waals surface area contributed by atoms with Crippen LogP contribution in [0.3, 0.4) is 0 Å². The number of aromatic hydroxyl groups is 1. The van der Waals surface area contributed by atoms with E-state index in [1.165, 1.54) is 0 Å². The number of aryl methyl sites for hydroxylation is 2. The first kappa shape index (κ1) is 23.3. The molecule has 0 unspecified atom stereocenters. The largest absolute Gasteiger partial charge is 0.506 e. The summed E-state index contributed by atoms with van der Waals surface area (Å²) in [6.45, 7) is 0.486. The number of anilines is 2. The molecule has 6 nitrogen and oxygen atoms in total. The molecular formula is C25H22Br2N2O4. The third-order valence-electron chi connectivity index (χ3n) is 5.32. The summed E-state index contributed by atoms with van der Waals surface area (Å²) in [6, 6.07) is 17.4. The number of amides is 2. The summed E-state index contributed by atoms with van der Waals surface area (Å²) in [6.07, 6.45) is 2.46. The van der Waals surface area contributed by atoms with Gasteiger partial charge in [0, 0.05) is 21.8 Å². The van der Waals surface area contributed by atoms with Crippen molar-refractivity contribution in [2.75, 3.05) is 10.6 Å². The Morgan fingerprint density at radius 1 is 0.788 bits per heavy atom. The van der Waals surface area contributed by atoms with Crippen molar-refractivity contribution in [1.29, 1.82) is 0 Å². The molecule has 0 aromatic heterocycles. The Bertz CT molecular complexity index is 1200. The summed E-state index contributed by atoms with van der Waals surface area (Å²) < 4.78 is 7.68. The van der Waals surface area contributed by atoms with Gasteiger partial charge in [-0.1, -0.05) is 62.2 Å². The first-order chi connectivity index (χ1) is 15.9. The van der Waals surface area contributed by atoms with Crippen LogP contribution in [0.15, 0.2) is 63.5 Å². The first-order valence-electron chi connectivity index (χ1n) is 10.5. The fourth-order valence-corrected chi connectivity index (χ4v) is 4.69. The van der Waals surface area contributed by atoms with Gasteiger partial charge in [-0.15, -0.1) is 0 Å². The molecule has 170 valence electrons. The van der Waals surface area contributed by atoms with E-state index in [-0.39, 0.29) is 17.6 Å². The number of phenolic OH excluding ortho intramolecular Hbond substituents is 1. The molecule has 0 radical (unpaired) electrons. The maximum Gasteiger partial charge on any atom is 0.224 e. The highest BCUT2D eigenvalue weighted by Gasteiger charge is 2.20. The van der Waals surface area contributed by atoms with Crippen LogP contribution in [0.25, 0.3) is 0 Å². The smallest absolute Gasteiger partial charge is 0.224 e. The monoisotopic (exact) mass is 572 g/mol. The molecule has 0 atom stereocenters. The lowest BCUT2D eigenvalue weighted by Gasteiger charge is -2.21. The van der Waals surface area contributed by atoms with Crippen molar-refractivity contribution in [2.24, 2.45) is 0 Å². The van der Waals surface area contributed by atoms with Gasteiger partial charge in [-0.25, -0.2) is 0 Å². The SMILES string of the molecule is O=C1CCc2cc(Br)cc(O)c2N1.O=C1CCc2cc(Br)cc(OCc3ccccc3)c2N1. The molecule has 2 amide bonds. The molecular weight excluding hydrogens is 552 g/mol. The third-order valence-corrected chi connectivity index (χ3v) is 6.24. The van der Waals surface area contributed by atoms with Gasteiger partial charge >= 0.3 is 0 Å². The van der Waals surface area contributed by atoms with E-state index in [0.717, 1.165) is 37.7 Å². The highest BCUT2D eigenvalue weighted by Crippen LogP contribution is 2.36. The van der Waals surface area contributed by atoms with Gasteiger partial charge in [0.1, 0.15) is 18.1 Å². The number of carbonyl (C=O) groups excluding carboxylic acids is 2. The summed E-state index contributed by atoms with van der Waals surface area (Å²) in [4.78, 5) is 22.6. The van der Waals surface area contributed by atoms with Crippen LogP contribution < -0.4 is 15.4 Å². The number of ether oxygens (including phenoxy) is 1.